The van der Waals surface area contributed by atoms with Crippen molar-refractivity contribution in [1.82, 2.24) is 14.5 Å². The van der Waals surface area contributed by atoms with Gasteiger partial charge in [0.05, 0.1) is 18.1 Å². The first-order chi connectivity index (χ1) is 7.40. The van der Waals surface area contributed by atoms with Crippen LogP contribution in [0.4, 0.5) is 0 Å². The topological polar surface area (TPSA) is 47.1 Å². The van der Waals surface area contributed by atoms with E-state index in [-0.39, 0.29) is 0 Å². The molecule has 0 saturated carbocycles. The van der Waals surface area contributed by atoms with E-state index in [9.17, 15) is 0 Å². The molecule has 0 radical (unpaired) electrons. The van der Waals surface area contributed by atoms with Crippen LogP contribution in [-0.2, 0) is 6.54 Å². The molecule has 2 aliphatic heterocycles. The van der Waals surface area contributed by atoms with E-state index in [0.717, 1.165) is 6.04 Å². The highest BCUT2D eigenvalue weighted by Gasteiger charge is 2.38. The standard InChI is InChI=1S/C11H18N4/c12-6-9-7-13-8-15(9)11-3-5-14-4-1-2-10(11)14/h7-8,10-11H,1-6,12H2. The van der Waals surface area contributed by atoms with Crippen LogP contribution in [0.1, 0.15) is 31.0 Å². The Kier molecular flexibility index (Phi) is 2.25. The van der Waals surface area contributed by atoms with Crippen molar-refractivity contribution in [2.45, 2.75) is 37.9 Å². The summed E-state index contributed by atoms with van der Waals surface area (Å²) in [5.41, 5.74) is 6.90. The first kappa shape index (κ1) is 9.36. The molecule has 1 aromatic rings. The van der Waals surface area contributed by atoms with Crippen LogP contribution in [0, 0.1) is 0 Å². The summed E-state index contributed by atoms with van der Waals surface area (Å²) in [5, 5.41) is 0. The molecule has 3 rings (SSSR count). The molecule has 3 heterocycles. The molecule has 15 heavy (non-hydrogen) atoms. The number of aromatic nitrogens is 2. The average Bonchev–Trinajstić information content (AvgIpc) is 2.92. The van der Waals surface area contributed by atoms with Gasteiger partial charge in [0.1, 0.15) is 0 Å². The van der Waals surface area contributed by atoms with Gasteiger partial charge in [0.15, 0.2) is 0 Å². The number of hydrogen-bond donors (Lipinski definition) is 1. The summed E-state index contributed by atoms with van der Waals surface area (Å²) in [6, 6.07) is 1.36. The quantitative estimate of drug-likeness (QED) is 0.776. The lowest BCUT2D eigenvalue weighted by Gasteiger charge is -2.22. The maximum absolute atomic E-state index is 5.73. The molecule has 2 unspecified atom stereocenters. The molecule has 4 nitrogen and oxygen atoms in total. The van der Waals surface area contributed by atoms with E-state index in [4.69, 9.17) is 5.73 Å². The van der Waals surface area contributed by atoms with Gasteiger partial charge in [-0.15, -0.1) is 0 Å². The Hall–Kier alpha value is -0.870. The van der Waals surface area contributed by atoms with E-state index in [2.05, 4.69) is 14.5 Å². The van der Waals surface area contributed by atoms with Gasteiger partial charge in [0, 0.05) is 25.3 Å². The van der Waals surface area contributed by atoms with Crippen LogP contribution in [0.3, 0.4) is 0 Å². The Morgan fingerprint density at radius 1 is 1.33 bits per heavy atom. The highest BCUT2D eigenvalue weighted by atomic mass is 15.3. The monoisotopic (exact) mass is 206 g/mol. The first-order valence-corrected chi connectivity index (χ1v) is 5.85. The minimum absolute atomic E-state index is 0.600. The third-order valence-corrected chi connectivity index (χ3v) is 3.88. The van der Waals surface area contributed by atoms with Crippen molar-refractivity contribution in [1.29, 1.82) is 0 Å². The minimum Gasteiger partial charge on any atom is -0.329 e. The number of nitrogens with two attached hydrogens (primary N) is 1. The van der Waals surface area contributed by atoms with Crippen molar-refractivity contribution in [2.75, 3.05) is 13.1 Å². The molecule has 82 valence electrons. The van der Waals surface area contributed by atoms with Crippen LogP contribution in [0.2, 0.25) is 0 Å². The molecule has 0 bridgehead atoms. The van der Waals surface area contributed by atoms with Crippen molar-refractivity contribution in [3.63, 3.8) is 0 Å². The number of nitrogens with zero attached hydrogens (tertiary/aromatic N) is 3. The van der Waals surface area contributed by atoms with Gasteiger partial charge in [0.25, 0.3) is 0 Å². The molecule has 1 aromatic heterocycles. The fraction of sp³-hybridized carbons (Fsp3) is 0.727. The van der Waals surface area contributed by atoms with Crippen molar-refractivity contribution < 1.29 is 0 Å². The molecule has 2 saturated heterocycles. The third kappa shape index (κ3) is 1.40. The van der Waals surface area contributed by atoms with Gasteiger partial charge in [-0.1, -0.05) is 0 Å². The molecule has 2 atom stereocenters. The molecule has 2 aliphatic rings. The normalized spacial score (nSPS) is 31.0. The lowest BCUT2D eigenvalue weighted by molar-refractivity contribution is 0.288. The summed E-state index contributed by atoms with van der Waals surface area (Å²) in [5.74, 6) is 0. The van der Waals surface area contributed by atoms with E-state index < -0.39 is 0 Å². The number of rotatable bonds is 2. The highest BCUT2D eigenvalue weighted by molar-refractivity contribution is 5.05. The fourth-order valence-electron chi connectivity index (χ4n) is 3.17. The molecule has 0 aliphatic carbocycles. The predicted octanol–water partition coefficient (Wildman–Crippen LogP) is 0.751. The third-order valence-electron chi connectivity index (χ3n) is 3.88. The maximum Gasteiger partial charge on any atom is 0.0951 e. The fourth-order valence-corrected chi connectivity index (χ4v) is 3.17. The molecule has 0 spiro atoms. The second kappa shape index (κ2) is 3.61. The summed E-state index contributed by atoms with van der Waals surface area (Å²) in [6.45, 7) is 3.13. The largest absolute Gasteiger partial charge is 0.329 e. The molecule has 2 N–H and O–H groups in total. The Labute approximate surface area is 90.1 Å². The minimum atomic E-state index is 0.600. The second-order valence-corrected chi connectivity index (χ2v) is 4.60. The van der Waals surface area contributed by atoms with Gasteiger partial charge < -0.3 is 10.3 Å². The summed E-state index contributed by atoms with van der Waals surface area (Å²) in [6.07, 6.45) is 7.81. The van der Waals surface area contributed by atoms with Crippen LogP contribution in [0.5, 0.6) is 0 Å². The SMILES string of the molecule is NCc1cncn1C1CCN2CCCC12. The molecular formula is C11H18N4. The zero-order valence-electron chi connectivity index (χ0n) is 8.97. The Morgan fingerprint density at radius 2 is 2.27 bits per heavy atom. The van der Waals surface area contributed by atoms with Crippen LogP contribution in [0.15, 0.2) is 12.5 Å². The number of fused-ring (bicyclic) bond motifs is 1. The lowest BCUT2D eigenvalue weighted by Crippen LogP contribution is -2.28. The van der Waals surface area contributed by atoms with Crippen LogP contribution in [-0.4, -0.2) is 33.6 Å². The van der Waals surface area contributed by atoms with Crippen molar-refractivity contribution in [3.8, 4) is 0 Å². The van der Waals surface area contributed by atoms with Gasteiger partial charge in [-0.05, 0) is 25.8 Å². The highest BCUT2D eigenvalue weighted by Crippen LogP contribution is 2.36. The number of imidazole rings is 1. The molecule has 4 heteroatoms. The summed E-state index contributed by atoms with van der Waals surface area (Å²) in [7, 11) is 0. The van der Waals surface area contributed by atoms with Gasteiger partial charge in [0.2, 0.25) is 0 Å². The van der Waals surface area contributed by atoms with Gasteiger partial charge in [-0.25, -0.2) is 4.98 Å². The average molecular weight is 206 g/mol. The maximum atomic E-state index is 5.73. The molecule has 0 aromatic carbocycles. The van der Waals surface area contributed by atoms with E-state index >= 15 is 0 Å². The van der Waals surface area contributed by atoms with E-state index in [1.807, 2.05) is 12.5 Å². The smallest absolute Gasteiger partial charge is 0.0951 e. The molecule has 0 amide bonds. The molecule has 2 fully saturated rings. The Balaban J connectivity index is 1.88. The van der Waals surface area contributed by atoms with E-state index in [1.54, 1.807) is 0 Å². The summed E-state index contributed by atoms with van der Waals surface area (Å²) in [4.78, 5) is 6.83. The van der Waals surface area contributed by atoms with Crippen LogP contribution in [0.25, 0.3) is 0 Å². The Morgan fingerprint density at radius 3 is 3.13 bits per heavy atom. The van der Waals surface area contributed by atoms with Crippen LogP contribution >= 0.6 is 0 Å². The van der Waals surface area contributed by atoms with Crippen molar-refractivity contribution >= 4 is 0 Å². The summed E-state index contributed by atoms with van der Waals surface area (Å²) >= 11 is 0. The lowest BCUT2D eigenvalue weighted by atomic mass is 10.1. The second-order valence-electron chi connectivity index (χ2n) is 4.60. The van der Waals surface area contributed by atoms with Gasteiger partial charge in [-0.3, -0.25) is 4.90 Å². The van der Waals surface area contributed by atoms with E-state index in [1.165, 1.54) is 38.0 Å². The number of hydrogen-bond acceptors (Lipinski definition) is 3. The van der Waals surface area contributed by atoms with E-state index in [0.29, 0.717) is 12.6 Å². The zero-order valence-corrected chi connectivity index (χ0v) is 8.97. The summed E-state index contributed by atoms with van der Waals surface area (Å²) < 4.78 is 2.30. The van der Waals surface area contributed by atoms with Gasteiger partial charge in [-0.2, -0.15) is 0 Å². The van der Waals surface area contributed by atoms with Crippen LogP contribution < -0.4 is 5.73 Å². The predicted molar refractivity (Wildman–Crippen MR) is 58.4 cm³/mol. The van der Waals surface area contributed by atoms with Crippen molar-refractivity contribution in [3.05, 3.63) is 18.2 Å². The Bertz CT molecular complexity index is 346. The van der Waals surface area contributed by atoms with Crippen molar-refractivity contribution in [2.24, 2.45) is 5.73 Å². The molecular weight excluding hydrogens is 188 g/mol. The van der Waals surface area contributed by atoms with Gasteiger partial charge >= 0.3 is 0 Å². The zero-order chi connectivity index (χ0) is 10.3. The first-order valence-electron chi connectivity index (χ1n) is 5.85.